The Hall–Kier alpha value is 1.20. The Morgan fingerprint density at radius 1 is 1.00 bits per heavy atom. The van der Waals surface area contributed by atoms with Gasteiger partial charge in [0.1, 0.15) is 0 Å². The first-order valence-electron chi connectivity index (χ1n) is 0.897. The van der Waals surface area contributed by atoms with Crippen molar-refractivity contribution in [2.75, 3.05) is 0 Å². The summed E-state index contributed by atoms with van der Waals surface area (Å²) in [4.78, 5) is 0. The molecule has 0 saturated carbocycles. The maximum atomic E-state index is 1.69. The van der Waals surface area contributed by atoms with Crippen LogP contribution in [0.15, 0.2) is 0 Å². The zero-order valence-corrected chi connectivity index (χ0v) is 5.68. The van der Waals surface area contributed by atoms with E-state index in [9.17, 15) is 0 Å². The Labute approximate surface area is 31.0 Å². The third-order valence-electron chi connectivity index (χ3n) is 0.200. The topological polar surface area (TPSA) is 0 Å². The van der Waals surface area contributed by atoms with Crippen LogP contribution in [-0.2, 0) is 0 Å². The maximum absolute atomic E-state index is 1.69. The van der Waals surface area contributed by atoms with E-state index in [0.717, 1.165) is 0 Å². The van der Waals surface area contributed by atoms with Crippen LogP contribution >= 0.6 is 30.2 Å². The molecule has 2 atom stereocenters. The number of hydrogen-bond donors (Lipinski definition) is 0. The van der Waals surface area contributed by atoms with E-state index in [2.05, 4.69) is 0 Å². The zero-order valence-electron chi connectivity index (χ0n) is 1.89. The Morgan fingerprint density at radius 3 is 1.25 bits per heavy atom. The van der Waals surface area contributed by atoms with Crippen molar-refractivity contribution >= 4 is 30.2 Å². The lowest BCUT2D eigenvalue weighted by Crippen LogP contribution is -0.771. The third kappa shape index (κ3) is 0.573. The van der Waals surface area contributed by atoms with Gasteiger partial charge in [-0.15, -0.1) is 0 Å². The predicted octanol–water partition coefficient (Wildman–Crippen LogP) is 2.91. The van der Waals surface area contributed by atoms with Crippen molar-refractivity contribution in [3.8, 4) is 0 Å². The van der Waals surface area contributed by atoms with Gasteiger partial charge in [-0.2, -0.15) is 0 Å². The summed E-state index contributed by atoms with van der Waals surface area (Å²) in [5.41, 5.74) is 0. The highest BCUT2D eigenvalue weighted by Gasteiger charge is 1.59. The van der Waals surface area contributed by atoms with Gasteiger partial charge in [-0.25, -0.2) is 0 Å². The summed E-state index contributed by atoms with van der Waals surface area (Å²) in [7, 11) is 6.00. The van der Waals surface area contributed by atoms with Gasteiger partial charge in [0.05, 0.1) is 0 Å². The van der Waals surface area contributed by atoms with Crippen LogP contribution in [0.1, 0.15) is 0 Å². The molecule has 0 aliphatic rings. The van der Waals surface area contributed by atoms with Crippen LogP contribution in [0.4, 0.5) is 0 Å². The fourth-order valence-corrected chi connectivity index (χ4v) is 4.05. The summed E-state index contributed by atoms with van der Waals surface area (Å²) in [6, 6.07) is 0. The van der Waals surface area contributed by atoms with Crippen molar-refractivity contribution in [1.29, 1.82) is 0 Å². The largest absolute Gasteiger partial charge is 0.0835 e. The lowest BCUT2D eigenvalue weighted by Gasteiger charge is -1.68. The van der Waals surface area contributed by atoms with E-state index in [1.54, 1.807) is 15.1 Å². The first kappa shape index (κ1) is 3.39. The lowest BCUT2D eigenvalue weighted by molar-refractivity contribution is 5.29. The normalized spacial score (nSPS) is 16.0. The second kappa shape index (κ2) is 1.59. The molecular formula is H2P4. The maximum Gasteiger partial charge on any atom is -0.0146 e. The van der Waals surface area contributed by atoms with Gasteiger partial charge in [0.25, 0.3) is 0 Å². The second-order valence-electron chi connectivity index (χ2n) is 0.424. The van der Waals surface area contributed by atoms with E-state index in [1.807, 2.05) is 0 Å². The fraction of sp³-hybridized carbons (Fsp3) is 0. The average Bonchev–Trinajstić information content (AvgIpc) is 0.722. The van der Waals surface area contributed by atoms with Gasteiger partial charge in [0, 0.05) is 0 Å². The highest BCUT2D eigenvalue weighted by atomic mass is 32.6. The van der Waals surface area contributed by atoms with Gasteiger partial charge in [-0.1, -0.05) is 15.1 Å². The highest BCUT2D eigenvalue weighted by Crippen LogP contribution is 2.50. The molecule has 0 aliphatic heterocycles. The molecule has 1 rings (SSSR count). The molecule has 1 aromatic rings. The van der Waals surface area contributed by atoms with Crippen molar-refractivity contribution in [3.63, 3.8) is 0 Å². The molecule has 4 heteroatoms. The summed E-state index contributed by atoms with van der Waals surface area (Å²) in [5, 5.41) is 0. The minimum Gasteiger partial charge on any atom is -0.0835 e. The van der Waals surface area contributed by atoms with E-state index in [1.165, 1.54) is 15.1 Å². The van der Waals surface area contributed by atoms with Crippen LogP contribution in [0.25, 0.3) is 0 Å². The third-order valence-corrected chi connectivity index (χ3v) is 16.2. The molecule has 0 N–H and O–H groups in total. The molecular weight excluding hydrogens is 124 g/mol. The molecule has 0 radical (unpaired) electrons. The van der Waals surface area contributed by atoms with Crippen LogP contribution in [0.5, 0.6) is 0 Å². The monoisotopic (exact) mass is 126 g/mol. The second-order valence-corrected chi connectivity index (χ2v) is 11.4. The Kier molecular flexibility index (Phi) is 1.35. The van der Waals surface area contributed by atoms with Gasteiger partial charge < -0.3 is 0 Å². The van der Waals surface area contributed by atoms with E-state index in [0.29, 0.717) is 0 Å². The van der Waals surface area contributed by atoms with E-state index in [-0.39, 0.29) is 0 Å². The molecule has 22 valence electrons. The fourth-order valence-electron chi connectivity index (χ4n) is 0.0500. The molecule has 1 aromatic heterocycles. The number of rotatable bonds is 0. The Balaban J connectivity index is 3.00. The average molecular weight is 126 g/mol. The highest BCUT2D eigenvalue weighted by molar-refractivity contribution is 8.55. The summed E-state index contributed by atoms with van der Waals surface area (Å²) >= 11 is 0. The van der Waals surface area contributed by atoms with Crippen molar-refractivity contribution in [2.24, 2.45) is 0 Å². The molecule has 0 spiro atoms. The molecule has 0 fully saturated rings. The first-order chi connectivity index (χ1) is 2.00. The number of hydrogen-bond acceptors (Lipinski definition) is 0. The molecule has 4 heavy (non-hydrogen) atoms. The van der Waals surface area contributed by atoms with Gasteiger partial charge in [-0.3, -0.25) is 0 Å². The van der Waals surface area contributed by atoms with Gasteiger partial charge >= 0.3 is 0 Å². The summed E-state index contributed by atoms with van der Waals surface area (Å²) in [6.07, 6.45) is 0. The lowest BCUT2D eigenvalue weighted by atomic mass is 29.3. The van der Waals surface area contributed by atoms with E-state index < -0.39 is 0 Å². The molecule has 0 nitrogen and oxygen atoms in total. The van der Waals surface area contributed by atoms with Gasteiger partial charge in [-0.05, 0) is 15.1 Å². The molecule has 0 amide bonds. The first-order valence-corrected chi connectivity index (χ1v) is 8.07. The minimum atomic E-state index is 1.31. The molecule has 2 unspecified atom stereocenters. The summed E-state index contributed by atoms with van der Waals surface area (Å²) < 4.78 is 0. The molecule has 0 bridgehead atoms. The molecule has 0 aliphatic carbocycles. The zero-order chi connectivity index (χ0) is 2.83. The van der Waals surface area contributed by atoms with E-state index >= 15 is 0 Å². The van der Waals surface area contributed by atoms with Crippen molar-refractivity contribution < 1.29 is 0 Å². The van der Waals surface area contributed by atoms with Gasteiger partial charge in [0.15, 0.2) is 0 Å². The SMILES string of the molecule is p1p[pH][pH]1. The quantitative estimate of drug-likeness (QED) is 0.501. The van der Waals surface area contributed by atoms with Crippen molar-refractivity contribution in [1.82, 2.24) is 0 Å². The van der Waals surface area contributed by atoms with Crippen LogP contribution < -0.4 is 0 Å². The minimum absolute atomic E-state index is 1.31. The molecule has 0 saturated heterocycles. The molecule has 0 aromatic carbocycles. The summed E-state index contributed by atoms with van der Waals surface area (Å²) in [6.45, 7) is 0. The molecule has 1 heterocycles. The van der Waals surface area contributed by atoms with Crippen LogP contribution in [0.3, 0.4) is 0 Å². The van der Waals surface area contributed by atoms with Crippen LogP contribution in [-0.4, -0.2) is 0 Å². The Morgan fingerprint density at radius 2 is 1.25 bits per heavy atom. The van der Waals surface area contributed by atoms with Gasteiger partial charge in [0.2, 0.25) is 0 Å². The predicted molar refractivity (Wildman–Crippen MR) is 30.5 cm³/mol. The standard InChI is InChI=1S/H2P4/c1-2-4-3-1/h1-2H. The van der Waals surface area contributed by atoms with Crippen molar-refractivity contribution in [3.05, 3.63) is 0 Å². The van der Waals surface area contributed by atoms with Crippen LogP contribution in [0, 0.1) is 0 Å². The Bertz CT molecular complexity index is 41.8. The smallest absolute Gasteiger partial charge is 0.0146 e. The summed E-state index contributed by atoms with van der Waals surface area (Å²) in [5.74, 6) is 0. The van der Waals surface area contributed by atoms with Crippen LogP contribution in [0.2, 0.25) is 0 Å². The van der Waals surface area contributed by atoms with Crippen molar-refractivity contribution in [2.45, 2.75) is 0 Å². The van der Waals surface area contributed by atoms with E-state index in [4.69, 9.17) is 0 Å².